The standard InChI is InChI=1S/C21H28N2O5/c1-14(21(24)22-16-8-10-18(26-4)20(12-16)28-6)23(2)13-15-7-9-17(25-3)19(11-15)27-5/h7-12,14H,13H2,1-6H3,(H,22,24). The van der Waals surface area contributed by atoms with Gasteiger partial charge in [-0.3, -0.25) is 9.69 Å². The van der Waals surface area contributed by atoms with E-state index in [0.29, 0.717) is 35.2 Å². The number of methoxy groups -OCH3 is 4. The Balaban J connectivity index is 2.04. The summed E-state index contributed by atoms with van der Waals surface area (Å²) < 4.78 is 21.1. The lowest BCUT2D eigenvalue weighted by atomic mass is 10.1. The molecule has 0 saturated heterocycles. The molecule has 2 aromatic rings. The highest BCUT2D eigenvalue weighted by Gasteiger charge is 2.19. The molecule has 1 unspecified atom stereocenters. The molecule has 0 fully saturated rings. The number of anilines is 1. The maximum atomic E-state index is 12.7. The van der Waals surface area contributed by atoms with Crippen LogP contribution in [0.25, 0.3) is 0 Å². The Hall–Kier alpha value is -2.93. The fourth-order valence-corrected chi connectivity index (χ4v) is 2.76. The number of benzene rings is 2. The van der Waals surface area contributed by atoms with Crippen molar-refractivity contribution in [2.45, 2.75) is 19.5 Å². The molecule has 1 N–H and O–H groups in total. The number of hydrogen-bond donors (Lipinski definition) is 1. The SMILES string of the molecule is COc1ccc(CN(C)C(C)C(=O)Nc2ccc(OC)c(OC)c2)cc1OC. The first-order chi connectivity index (χ1) is 13.4. The fourth-order valence-electron chi connectivity index (χ4n) is 2.76. The summed E-state index contributed by atoms with van der Waals surface area (Å²) >= 11 is 0. The van der Waals surface area contributed by atoms with E-state index in [4.69, 9.17) is 18.9 Å². The molecule has 7 nitrogen and oxygen atoms in total. The Morgan fingerprint density at radius 3 is 2.00 bits per heavy atom. The van der Waals surface area contributed by atoms with E-state index in [1.54, 1.807) is 46.6 Å². The van der Waals surface area contributed by atoms with Crippen LogP contribution in [0, 0.1) is 0 Å². The van der Waals surface area contributed by atoms with Crippen molar-refractivity contribution in [3.05, 3.63) is 42.0 Å². The molecule has 0 bridgehead atoms. The van der Waals surface area contributed by atoms with Crippen LogP contribution in [0.1, 0.15) is 12.5 Å². The number of likely N-dealkylation sites (N-methyl/N-ethyl adjacent to an activating group) is 1. The van der Waals surface area contributed by atoms with Crippen LogP contribution in [0.3, 0.4) is 0 Å². The number of nitrogens with zero attached hydrogens (tertiary/aromatic N) is 1. The largest absolute Gasteiger partial charge is 0.493 e. The summed E-state index contributed by atoms with van der Waals surface area (Å²) in [6, 6.07) is 10.6. The summed E-state index contributed by atoms with van der Waals surface area (Å²) in [4.78, 5) is 14.6. The number of hydrogen-bond acceptors (Lipinski definition) is 6. The quantitative estimate of drug-likeness (QED) is 0.712. The van der Waals surface area contributed by atoms with E-state index < -0.39 is 0 Å². The molecule has 0 heterocycles. The van der Waals surface area contributed by atoms with Crippen molar-refractivity contribution in [2.75, 3.05) is 40.8 Å². The van der Waals surface area contributed by atoms with Crippen LogP contribution in [-0.4, -0.2) is 52.3 Å². The Morgan fingerprint density at radius 2 is 1.43 bits per heavy atom. The van der Waals surface area contributed by atoms with E-state index in [0.717, 1.165) is 5.56 Å². The van der Waals surface area contributed by atoms with E-state index >= 15 is 0 Å². The second kappa shape index (κ2) is 9.85. The third kappa shape index (κ3) is 5.07. The lowest BCUT2D eigenvalue weighted by Crippen LogP contribution is -2.39. The monoisotopic (exact) mass is 388 g/mol. The topological polar surface area (TPSA) is 69.3 Å². The fraction of sp³-hybridized carbons (Fsp3) is 0.381. The van der Waals surface area contributed by atoms with Crippen molar-refractivity contribution < 1.29 is 23.7 Å². The van der Waals surface area contributed by atoms with Gasteiger partial charge in [0.25, 0.3) is 0 Å². The lowest BCUT2D eigenvalue weighted by molar-refractivity contribution is -0.120. The molecule has 2 rings (SSSR count). The van der Waals surface area contributed by atoms with Gasteiger partial charge in [0.2, 0.25) is 5.91 Å². The first-order valence-electron chi connectivity index (χ1n) is 8.87. The molecule has 0 aliphatic heterocycles. The van der Waals surface area contributed by atoms with Gasteiger partial charge in [-0.1, -0.05) is 6.07 Å². The molecule has 0 aromatic heterocycles. The molecule has 7 heteroatoms. The Kier molecular flexibility index (Phi) is 7.52. The summed E-state index contributed by atoms with van der Waals surface area (Å²) in [6.45, 7) is 2.44. The highest BCUT2D eigenvalue weighted by Crippen LogP contribution is 2.30. The van der Waals surface area contributed by atoms with Crippen molar-refractivity contribution >= 4 is 11.6 Å². The number of ether oxygens (including phenoxy) is 4. The van der Waals surface area contributed by atoms with Crippen molar-refractivity contribution in [1.29, 1.82) is 0 Å². The molecular formula is C21H28N2O5. The Morgan fingerprint density at radius 1 is 0.893 bits per heavy atom. The first-order valence-corrected chi connectivity index (χ1v) is 8.87. The van der Waals surface area contributed by atoms with Crippen LogP contribution in [0.4, 0.5) is 5.69 Å². The van der Waals surface area contributed by atoms with E-state index in [9.17, 15) is 4.79 Å². The molecule has 1 amide bonds. The predicted octanol–water partition coefficient (Wildman–Crippen LogP) is 3.18. The number of carbonyl (C=O) groups is 1. The zero-order valence-corrected chi connectivity index (χ0v) is 17.2. The van der Waals surface area contributed by atoms with Gasteiger partial charge in [-0.2, -0.15) is 0 Å². The van der Waals surface area contributed by atoms with Gasteiger partial charge in [-0.15, -0.1) is 0 Å². The highest BCUT2D eigenvalue weighted by molar-refractivity contribution is 5.94. The number of nitrogens with one attached hydrogen (secondary N) is 1. The summed E-state index contributed by atoms with van der Waals surface area (Å²) in [6.07, 6.45) is 0. The van der Waals surface area contributed by atoms with Crippen LogP contribution in [0.2, 0.25) is 0 Å². The van der Waals surface area contributed by atoms with Crippen molar-refractivity contribution in [3.8, 4) is 23.0 Å². The van der Waals surface area contributed by atoms with E-state index in [1.807, 2.05) is 37.1 Å². The normalized spacial score (nSPS) is 11.7. The minimum Gasteiger partial charge on any atom is -0.493 e. The predicted molar refractivity (Wildman–Crippen MR) is 109 cm³/mol. The summed E-state index contributed by atoms with van der Waals surface area (Å²) in [5, 5.41) is 2.91. The summed E-state index contributed by atoms with van der Waals surface area (Å²) in [5.41, 5.74) is 1.67. The minimum atomic E-state index is -0.346. The van der Waals surface area contributed by atoms with Gasteiger partial charge in [0, 0.05) is 18.3 Å². The van der Waals surface area contributed by atoms with Crippen LogP contribution in [0.15, 0.2) is 36.4 Å². The third-order valence-corrected chi connectivity index (χ3v) is 4.57. The van der Waals surface area contributed by atoms with Crippen LogP contribution >= 0.6 is 0 Å². The third-order valence-electron chi connectivity index (χ3n) is 4.57. The lowest BCUT2D eigenvalue weighted by Gasteiger charge is -2.24. The zero-order valence-electron chi connectivity index (χ0n) is 17.2. The van der Waals surface area contributed by atoms with E-state index in [-0.39, 0.29) is 11.9 Å². The Bertz CT molecular complexity index is 809. The first kappa shape index (κ1) is 21.4. The average Bonchev–Trinajstić information content (AvgIpc) is 2.72. The van der Waals surface area contributed by atoms with Crippen molar-refractivity contribution in [3.63, 3.8) is 0 Å². The van der Waals surface area contributed by atoms with E-state index in [2.05, 4.69) is 5.32 Å². The molecule has 0 aliphatic rings. The number of carbonyl (C=O) groups excluding carboxylic acids is 1. The van der Waals surface area contributed by atoms with Gasteiger partial charge >= 0.3 is 0 Å². The summed E-state index contributed by atoms with van der Waals surface area (Å²) in [5.74, 6) is 2.39. The van der Waals surface area contributed by atoms with Crippen LogP contribution in [-0.2, 0) is 11.3 Å². The van der Waals surface area contributed by atoms with Gasteiger partial charge < -0.3 is 24.3 Å². The highest BCUT2D eigenvalue weighted by atomic mass is 16.5. The maximum absolute atomic E-state index is 12.7. The van der Waals surface area contributed by atoms with Crippen molar-refractivity contribution in [1.82, 2.24) is 4.90 Å². The Labute approximate surface area is 166 Å². The van der Waals surface area contributed by atoms with Gasteiger partial charge in [0.15, 0.2) is 23.0 Å². The number of rotatable bonds is 9. The molecule has 0 aliphatic carbocycles. The minimum absolute atomic E-state index is 0.116. The van der Waals surface area contributed by atoms with Crippen molar-refractivity contribution in [2.24, 2.45) is 0 Å². The average molecular weight is 388 g/mol. The summed E-state index contributed by atoms with van der Waals surface area (Å²) in [7, 11) is 8.23. The molecule has 152 valence electrons. The second-order valence-electron chi connectivity index (χ2n) is 6.34. The van der Waals surface area contributed by atoms with Gasteiger partial charge in [0.1, 0.15) is 0 Å². The number of amides is 1. The molecule has 0 spiro atoms. The van der Waals surface area contributed by atoms with Crippen LogP contribution < -0.4 is 24.3 Å². The van der Waals surface area contributed by atoms with Gasteiger partial charge in [-0.05, 0) is 43.8 Å². The van der Waals surface area contributed by atoms with Gasteiger partial charge in [-0.25, -0.2) is 0 Å². The molecular weight excluding hydrogens is 360 g/mol. The zero-order chi connectivity index (χ0) is 20.7. The smallest absolute Gasteiger partial charge is 0.241 e. The maximum Gasteiger partial charge on any atom is 0.241 e. The van der Waals surface area contributed by atoms with E-state index in [1.165, 1.54) is 0 Å². The molecule has 0 saturated carbocycles. The molecule has 1 atom stereocenters. The molecule has 0 radical (unpaired) electrons. The molecule has 28 heavy (non-hydrogen) atoms. The second-order valence-corrected chi connectivity index (χ2v) is 6.34. The van der Waals surface area contributed by atoms with Crippen LogP contribution in [0.5, 0.6) is 23.0 Å². The van der Waals surface area contributed by atoms with Gasteiger partial charge in [0.05, 0.1) is 34.5 Å². The molecule has 2 aromatic carbocycles.